The van der Waals surface area contributed by atoms with E-state index in [-0.39, 0.29) is 12.0 Å². The lowest BCUT2D eigenvalue weighted by Gasteiger charge is -2.35. The molecule has 3 aromatic heterocycles. The number of aromatic amines is 1. The summed E-state index contributed by atoms with van der Waals surface area (Å²) in [5.41, 5.74) is 2.80. The first-order valence-corrected chi connectivity index (χ1v) is 12.8. The van der Waals surface area contributed by atoms with Gasteiger partial charge < -0.3 is 14.6 Å². The van der Waals surface area contributed by atoms with Crippen molar-refractivity contribution in [2.24, 2.45) is 0 Å². The van der Waals surface area contributed by atoms with Gasteiger partial charge in [0.1, 0.15) is 5.82 Å². The highest BCUT2D eigenvalue weighted by molar-refractivity contribution is 7.88. The van der Waals surface area contributed by atoms with Crippen molar-refractivity contribution in [1.82, 2.24) is 24.2 Å². The maximum absolute atomic E-state index is 11.9. The fraction of sp³-hybridized carbons (Fsp3) is 0.500. The van der Waals surface area contributed by atoms with Crippen LogP contribution in [0, 0.1) is 0 Å². The van der Waals surface area contributed by atoms with E-state index in [0.717, 1.165) is 47.4 Å². The number of anilines is 1. The maximum atomic E-state index is 11.9. The average molecular weight is 457 g/mol. The molecular weight excluding hydrogens is 428 g/mol. The van der Waals surface area contributed by atoms with Crippen LogP contribution in [-0.4, -0.2) is 77.8 Å². The zero-order valence-corrected chi connectivity index (χ0v) is 19.2. The van der Waals surface area contributed by atoms with Crippen LogP contribution in [0.2, 0.25) is 0 Å². The van der Waals surface area contributed by atoms with Gasteiger partial charge in [0, 0.05) is 60.7 Å². The molecule has 5 rings (SSSR count). The van der Waals surface area contributed by atoms with Crippen molar-refractivity contribution in [2.75, 3.05) is 44.0 Å². The number of sulfonamides is 1. The first-order valence-electron chi connectivity index (χ1n) is 11.0. The van der Waals surface area contributed by atoms with Crippen molar-refractivity contribution >= 4 is 26.7 Å². The number of ether oxygens (including phenoxy) is 1. The zero-order chi connectivity index (χ0) is 22.3. The minimum Gasteiger partial charge on any atom is -0.377 e. The number of rotatable bonds is 4. The van der Waals surface area contributed by atoms with Gasteiger partial charge in [-0.3, -0.25) is 4.98 Å². The van der Waals surface area contributed by atoms with Crippen molar-refractivity contribution in [3.8, 4) is 11.4 Å². The quantitative estimate of drug-likeness (QED) is 0.643. The Balaban J connectivity index is 1.55. The Kier molecular flexibility index (Phi) is 5.60. The molecular formula is C22H28N6O3S. The Labute approximate surface area is 187 Å². The number of H-pyrrole nitrogens is 1. The third kappa shape index (κ3) is 4.10. The van der Waals surface area contributed by atoms with Gasteiger partial charge in [-0.05, 0) is 25.8 Å². The van der Waals surface area contributed by atoms with Gasteiger partial charge in [0.05, 0.1) is 37.2 Å². The minimum atomic E-state index is -3.17. The smallest absolute Gasteiger partial charge is 0.211 e. The standard InChI is InChI=1S/C22H28N6O3S/c1-15-14-31-10-9-28(15)21-11-19(16-4-7-27(8-5-16)32(2,29)30)25-22(26-21)18-12-23-13-20-17(18)3-6-24-20/h3,6,11-13,15-16,24H,4-5,7-10,14H2,1-2H3/t15-/m1/s1. The molecule has 2 fully saturated rings. The molecule has 0 amide bonds. The Morgan fingerprint density at radius 3 is 2.72 bits per heavy atom. The summed E-state index contributed by atoms with van der Waals surface area (Å²) in [5.74, 6) is 1.72. The first-order chi connectivity index (χ1) is 15.4. The Hall–Kier alpha value is -2.56. The van der Waals surface area contributed by atoms with Crippen LogP contribution in [-0.2, 0) is 14.8 Å². The summed E-state index contributed by atoms with van der Waals surface area (Å²) in [6.07, 6.45) is 8.27. The molecule has 9 nitrogen and oxygen atoms in total. The van der Waals surface area contributed by atoms with Crippen LogP contribution in [0.5, 0.6) is 0 Å². The molecule has 2 aliphatic heterocycles. The predicted octanol–water partition coefficient (Wildman–Crippen LogP) is 2.38. The van der Waals surface area contributed by atoms with Crippen LogP contribution in [0.1, 0.15) is 31.4 Å². The number of piperidine rings is 1. The molecule has 1 atom stereocenters. The van der Waals surface area contributed by atoms with E-state index in [1.165, 1.54) is 6.26 Å². The summed E-state index contributed by atoms with van der Waals surface area (Å²) in [4.78, 5) is 19.8. The summed E-state index contributed by atoms with van der Waals surface area (Å²) in [6.45, 7) is 5.27. The molecule has 170 valence electrons. The Morgan fingerprint density at radius 2 is 1.97 bits per heavy atom. The van der Waals surface area contributed by atoms with E-state index in [9.17, 15) is 8.42 Å². The van der Waals surface area contributed by atoms with Crippen molar-refractivity contribution in [1.29, 1.82) is 0 Å². The molecule has 0 bridgehead atoms. The summed E-state index contributed by atoms with van der Waals surface area (Å²) in [7, 11) is -3.17. The van der Waals surface area contributed by atoms with Crippen LogP contribution in [0.15, 0.2) is 30.7 Å². The first kappa shape index (κ1) is 21.3. The number of pyridine rings is 1. The third-order valence-corrected chi connectivity index (χ3v) is 7.76. The molecule has 0 aliphatic carbocycles. The van der Waals surface area contributed by atoms with E-state index in [0.29, 0.717) is 32.1 Å². The molecule has 3 aromatic rings. The van der Waals surface area contributed by atoms with Crippen molar-refractivity contribution < 1.29 is 13.2 Å². The molecule has 2 aliphatic rings. The zero-order valence-electron chi connectivity index (χ0n) is 18.4. The van der Waals surface area contributed by atoms with E-state index in [2.05, 4.69) is 27.9 Å². The van der Waals surface area contributed by atoms with Crippen LogP contribution >= 0.6 is 0 Å². The molecule has 0 aromatic carbocycles. The fourth-order valence-electron chi connectivity index (χ4n) is 4.64. The number of aromatic nitrogens is 4. The Morgan fingerprint density at radius 1 is 1.16 bits per heavy atom. The number of morpholine rings is 1. The molecule has 0 saturated carbocycles. The fourth-order valence-corrected chi connectivity index (χ4v) is 5.51. The van der Waals surface area contributed by atoms with Gasteiger partial charge in [-0.15, -0.1) is 0 Å². The lowest BCUT2D eigenvalue weighted by atomic mass is 9.94. The third-order valence-electron chi connectivity index (χ3n) is 6.45. The molecule has 0 spiro atoms. The summed E-state index contributed by atoms with van der Waals surface area (Å²) < 4.78 is 31.1. The van der Waals surface area contributed by atoms with Crippen LogP contribution in [0.4, 0.5) is 5.82 Å². The summed E-state index contributed by atoms with van der Waals surface area (Å²) in [5, 5.41) is 1.03. The number of nitrogens with one attached hydrogen (secondary N) is 1. The van der Waals surface area contributed by atoms with Gasteiger partial charge in [-0.25, -0.2) is 22.7 Å². The minimum absolute atomic E-state index is 0.184. The number of hydrogen-bond donors (Lipinski definition) is 1. The van der Waals surface area contributed by atoms with E-state index in [1.54, 1.807) is 10.5 Å². The second-order valence-electron chi connectivity index (χ2n) is 8.65. The summed E-state index contributed by atoms with van der Waals surface area (Å²) >= 11 is 0. The second-order valence-corrected chi connectivity index (χ2v) is 10.6. The SMILES string of the molecule is C[C@@H]1COCCN1c1cc(C2CCN(S(C)(=O)=O)CC2)nc(-c2cncc3[nH]ccc23)n1. The van der Waals surface area contributed by atoms with Crippen LogP contribution < -0.4 is 4.90 Å². The van der Waals surface area contributed by atoms with Crippen LogP contribution in [0.3, 0.4) is 0 Å². The van der Waals surface area contributed by atoms with Crippen molar-refractivity contribution in [2.45, 2.75) is 31.7 Å². The predicted molar refractivity (Wildman–Crippen MR) is 123 cm³/mol. The van der Waals surface area contributed by atoms with E-state index in [1.807, 2.05) is 18.5 Å². The molecule has 0 unspecified atom stereocenters. The van der Waals surface area contributed by atoms with Gasteiger partial charge >= 0.3 is 0 Å². The van der Waals surface area contributed by atoms with E-state index < -0.39 is 10.0 Å². The highest BCUT2D eigenvalue weighted by Crippen LogP contribution is 2.33. The molecule has 10 heteroatoms. The largest absolute Gasteiger partial charge is 0.377 e. The topological polar surface area (TPSA) is 104 Å². The normalized spacial score (nSPS) is 21.3. The monoisotopic (exact) mass is 456 g/mol. The van der Waals surface area contributed by atoms with Gasteiger partial charge in [0.15, 0.2) is 5.82 Å². The Bertz CT molecular complexity index is 1220. The highest BCUT2D eigenvalue weighted by atomic mass is 32.2. The number of fused-ring (bicyclic) bond motifs is 1. The number of hydrogen-bond acceptors (Lipinski definition) is 7. The second kappa shape index (κ2) is 8.42. The molecule has 0 radical (unpaired) electrons. The van der Waals surface area contributed by atoms with Gasteiger partial charge in [-0.2, -0.15) is 0 Å². The van der Waals surface area contributed by atoms with Gasteiger partial charge in [-0.1, -0.05) is 0 Å². The average Bonchev–Trinajstić information content (AvgIpc) is 3.28. The lowest BCUT2D eigenvalue weighted by molar-refractivity contribution is 0.0985. The molecule has 32 heavy (non-hydrogen) atoms. The summed E-state index contributed by atoms with van der Waals surface area (Å²) in [6, 6.07) is 4.31. The van der Waals surface area contributed by atoms with Crippen molar-refractivity contribution in [3.05, 3.63) is 36.4 Å². The van der Waals surface area contributed by atoms with Crippen LogP contribution in [0.25, 0.3) is 22.3 Å². The molecule has 2 saturated heterocycles. The van der Waals surface area contributed by atoms with Gasteiger partial charge in [0.2, 0.25) is 10.0 Å². The van der Waals surface area contributed by atoms with E-state index in [4.69, 9.17) is 14.7 Å². The molecule has 5 heterocycles. The van der Waals surface area contributed by atoms with Gasteiger partial charge in [0.25, 0.3) is 0 Å². The molecule has 1 N–H and O–H groups in total. The van der Waals surface area contributed by atoms with E-state index >= 15 is 0 Å². The highest BCUT2D eigenvalue weighted by Gasteiger charge is 2.29. The lowest BCUT2D eigenvalue weighted by Crippen LogP contribution is -2.44. The number of nitrogens with zero attached hydrogens (tertiary/aromatic N) is 5. The maximum Gasteiger partial charge on any atom is 0.211 e. The van der Waals surface area contributed by atoms with Crippen molar-refractivity contribution in [3.63, 3.8) is 0 Å².